The van der Waals surface area contributed by atoms with Crippen molar-refractivity contribution in [2.45, 2.75) is 13.0 Å². The Hall–Kier alpha value is -4.93. The summed E-state index contributed by atoms with van der Waals surface area (Å²) in [5.41, 5.74) is 8.74. The van der Waals surface area contributed by atoms with Crippen molar-refractivity contribution in [3.63, 3.8) is 0 Å². The number of fused-ring (bicyclic) bond motifs is 1. The van der Waals surface area contributed by atoms with Gasteiger partial charge in [-0.15, -0.1) is 0 Å². The highest BCUT2D eigenvalue weighted by Crippen LogP contribution is 2.20. The van der Waals surface area contributed by atoms with E-state index in [9.17, 15) is 9.59 Å². The SMILES string of the molecule is Cn1c(CNc2ccc(C(=N)N)cc2)nc2cc(C(=O)N(CCC(=O)O)Oc3ccccn3)ccc21. The maximum atomic E-state index is 13.2. The van der Waals surface area contributed by atoms with Gasteiger partial charge in [-0.3, -0.25) is 15.0 Å². The van der Waals surface area contributed by atoms with Gasteiger partial charge in [0.15, 0.2) is 0 Å². The molecule has 5 N–H and O–H groups in total. The number of amides is 1. The molecule has 2 heterocycles. The molecule has 4 aromatic rings. The van der Waals surface area contributed by atoms with Crippen molar-refractivity contribution in [2.24, 2.45) is 12.8 Å². The van der Waals surface area contributed by atoms with Gasteiger partial charge in [-0.2, -0.15) is 5.06 Å². The molecule has 11 heteroatoms. The van der Waals surface area contributed by atoms with Gasteiger partial charge in [0.05, 0.1) is 30.5 Å². The van der Waals surface area contributed by atoms with Crippen molar-refractivity contribution in [1.82, 2.24) is 19.6 Å². The van der Waals surface area contributed by atoms with Crippen molar-refractivity contribution in [1.29, 1.82) is 5.41 Å². The zero-order valence-electron chi connectivity index (χ0n) is 19.5. The number of aliphatic carboxylic acids is 1. The first-order valence-electron chi connectivity index (χ1n) is 11.1. The third-order valence-electron chi connectivity index (χ3n) is 5.46. The van der Waals surface area contributed by atoms with Gasteiger partial charge < -0.3 is 25.6 Å². The Morgan fingerprint density at radius 1 is 1.14 bits per heavy atom. The number of benzene rings is 2. The summed E-state index contributed by atoms with van der Waals surface area (Å²) in [6, 6.07) is 17.3. The number of amidine groups is 1. The van der Waals surface area contributed by atoms with E-state index in [4.69, 9.17) is 21.1 Å². The molecular formula is C25H25N7O4. The van der Waals surface area contributed by atoms with E-state index >= 15 is 0 Å². The lowest BCUT2D eigenvalue weighted by Crippen LogP contribution is -2.36. The lowest BCUT2D eigenvalue weighted by atomic mass is 10.2. The number of imidazole rings is 1. The van der Waals surface area contributed by atoms with Crippen molar-refractivity contribution in [3.05, 3.63) is 83.8 Å². The van der Waals surface area contributed by atoms with Gasteiger partial charge in [0.1, 0.15) is 11.7 Å². The van der Waals surface area contributed by atoms with Crippen molar-refractivity contribution in [3.8, 4) is 5.88 Å². The number of aryl methyl sites for hydroxylation is 1. The van der Waals surface area contributed by atoms with Gasteiger partial charge in [-0.05, 0) is 48.5 Å². The van der Waals surface area contributed by atoms with Crippen LogP contribution in [-0.2, 0) is 18.4 Å². The molecule has 0 saturated carbocycles. The number of nitrogens with two attached hydrogens (primary N) is 1. The predicted octanol–water partition coefficient (Wildman–Crippen LogP) is 2.78. The number of carbonyl (C=O) groups is 2. The highest BCUT2D eigenvalue weighted by molar-refractivity contribution is 5.97. The van der Waals surface area contributed by atoms with E-state index in [2.05, 4.69) is 15.3 Å². The Morgan fingerprint density at radius 3 is 2.56 bits per heavy atom. The number of carbonyl (C=O) groups excluding carboxylic acids is 1. The lowest BCUT2D eigenvalue weighted by Gasteiger charge is -2.21. The molecular weight excluding hydrogens is 462 g/mol. The molecule has 36 heavy (non-hydrogen) atoms. The highest BCUT2D eigenvalue weighted by Gasteiger charge is 2.21. The molecule has 0 aliphatic rings. The number of hydrogen-bond acceptors (Lipinski definition) is 7. The van der Waals surface area contributed by atoms with Crippen molar-refractivity contribution >= 4 is 34.4 Å². The molecule has 0 atom stereocenters. The first-order valence-corrected chi connectivity index (χ1v) is 11.1. The van der Waals surface area contributed by atoms with Crippen LogP contribution >= 0.6 is 0 Å². The van der Waals surface area contributed by atoms with Gasteiger partial charge in [-0.1, -0.05) is 6.07 Å². The van der Waals surface area contributed by atoms with Gasteiger partial charge in [-0.25, -0.2) is 9.97 Å². The molecule has 4 rings (SSSR count). The number of aromatic nitrogens is 3. The van der Waals surface area contributed by atoms with Crippen molar-refractivity contribution < 1.29 is 19.5 Å². The average molecular weight is 488 g/mol. The second-order valence-corrected chi connectivity index (χ2v) is 7.95. The third kappa shape index (κ3) is 5.58. The zero-order valence-corrected chi connectivity index (χ0v) is 19.5. The van der Waals surface area contributed by atoms with Gasteiger partial charge in [0.25, 0.3) is 5.91 Å². The Morgan fingerprint density at radius 2 is 1.89 bits per heavy atom. The summed E-state index contributed by atoms with van der Waals surface area (Å²) < 4.78 is 1.92. The summed E-state index contributed by atoms with van der Waals surface area (Å²) in [7, 11) is 1.88. The zero-order chi connectivity index (χ0) is 25.7. The normalized spacial score (nSPS) is 10.7. The summed E-state index contributed by atoms with van der Waals surface area (Å²) >= 11 is 0. The predicted molar refractivity (Wildman–Crippen MR) is 134 cm³/mol. The van der Waals surface area contributed by atoms with Crippen LogP contribution in [-0.4, -0.2) is 49.0 Å². The first-order chi connectivity index (χ1) is 17.3. The fraction of sp³-hybridized carbons (Fsp3) is 0.160. The van der Waals surface area contributed by atoms with E-state index in [1.54, 1.807) is 48.5 Å². The minimum atomic E-state index is -1.05. The molecule has 2 aromatic carbocycles. The van der Waals surface area contributed by atoms with Crippen LogP contribution in [0.3, 0.4) is 0 Å². The monoisotopic (exact) mass is 487 g/mol. The number of carboxylic acid groups (broad SMARTS) is 1. The maximum absolute atomic E-state index is 13.2. The number of hydroxylamine groups is 2. The molecule has 0 radical (unpaired) electrons. The third-order valence-corrected chi connectivity index (χ3v) is 5.46. The summed E-state index contributed by atoms with van der Waals surface area (Å²) in [6.07, 6.45) is 1.23. The van der Waals surface area contributed by atoms with E-state index in [1.165, 1.54) is 6.20 Å². The van der Waals surface area contributed by atoms with E-state index in [1.807, 2.05) is 23.7 Å². The molecule has 0 aliphatic carbocycles. The molecule has 1 amide bonds. The largest absolute Gasteiger partial charge is 0.481 e. The van der Waals surface area contributed by atoms with E-state index in [0.29, 0.717) is 23.2 Å². The topological polar surface area (TPSA) is 159 Å². The molecule has 0 fully saturated rings. The van der Waals surface area contributed by atoms with Crippen LogP contribution in [0.4, 0.5) is 5.69 Å². The Kier molecular flexibility index (Phi) is 7.10. The molecule has 0 saturated heterocycles. The second kappa shape index (κ2) is 10.6. The standard InChI is InChI=1S/C25H25N7O4/c1-31-20-10-7-17(25(35)32(13-11-23(33)34)36-22-4-2-3-12-28-22)14-19(20)30-21(31)15-29-18-8-5-16(6-9-18)24(26)27/h2-10,12,14,29H,11,13,15H2,1H3,(H3,26,27)(H,33,34). The van der Waals surface area contributed by atoms with Crippen LogP contribution in [0, 0.1) is 5.41 Å². The maximum Gasteiger partial charge on any atom is 0.305 e. The van der Waals surface area contributed by atoms with E-state index in [-0.39, 0.29) is 24.7 Å². The first kappa shape index (κ1) is 24.2. The minimum Gasteiger partial charge on any atom is -0.481 e. The number of hydrogen-bond donors (Lipinski definition) is 4. The molecule has 2 aromatic heterocycles. The number of carboxylic acids is 1. The van der Waals surface area contributed by atoms with Gasteiger partial charge in [0.2, 0.25) is 5.88 Å². The molecule has 0 aliphatic heterocycles. The number of nitrogens with one attached hydrogen (secondary N) is 2. The quantitative estimate of drug-likeness (QED) is 0.151. The minimum absolute atomic E-state index is 0.00853. The van der Waals surface area contributed by atoms with Crippen LogP contribution < -0.4 is 15.9 Å². The van der Waals surface area contributed by atoms with Gasteiger partial charge >= 0.3 is 5.97 Å². The van der Waals surface area contributed by atoms with E-state index in [0.717, 1.165) is 22.1 Å². The fourth-order valence-corrected chi connectivity index (χ4v) is 3.53. The van der Waals surface area contributed by atoms with Gasteiger partial charge in [0, 0.05) is 36.1 Å². The number of anilines is 1. The van der Waals surface area contributed by atoms with Crippen LogP contribution in [0.1, 0.15) is 28.2 Å². The molecule has 0 unspecified atom stereocenters. The molecule has 0 bridgehead atoms. The highest BCUT2D eigenvalue weighted by atomic mass is 16.7. The number of pyridine rings is 1. The summed E-state index contributed by atoms with van der Waals surface area (Å²) in [6.45, 7) is 0.282. The summed E-state index contributed by atoms with van der Waals surface area (Å²) in [4.78, 5) is 38.6. The Balaban J connectivity index is 1.53. The second-order valence-electron chi connectivity index (χ2n) is 7.95. The molecule has 0 spiro atoms. The Labute approximate surface area is 206 Å². The number of rotatable bonds is 10. The van der Waals surface area contributed by atoms with Crippen LogP contribution in [0.25, 0.3) is 11.0 Å². The van der Waals surface area contributed by atoms with E-state index < -0.39 is 11.9 Å². The smallest absolute Gasteiger partial charge is 0.305 e. The summed E-state index contributed by atoms with van der Waals surface area (Å²) in [5, 5.41) is 20.8. The van der Waals surface area contributed by atoms with Crippen LogP contribution in [0.2, 0.25) is 0 Å². The molecule has 11 nitrogen and oxygen atoms in total. The number of nitrogens with zero attached hydrogens (tertiary/aromatic N) is 4. The average Bonchev–Trinajstić information content (AvgIpc) is 3.20. The lowest BCUT2D eigenvalue weighted by molar-refractivity contribution is -0.138. The summed E-state index contributed by atoms with van der Waals surface area (Å²) in [5.74, 6) is -0.614. The van der Waals surface area contributed by atoms with Crippen LogP contribution in [0.5, 0.6) is 5.88 Å². The Bertz CT molecular complexity index is 1400. The van der Waals surface area contributed by atoms with Crippen LogP contribution in [0.15, 0.2) is 66.9 Å². The fourth-order valence-electron chi connectivity index (χ4n) is 3.53. The molecule has 184 valence electrons. The van der Waals surface area contributed by atoms with Crippen molar-refractivity contribution in [2.75, 3.05) is 11.9 Å². The number of nitrogen functional groups attached to an aromatic ring is 1.